The summed E-state index contributed by atoms with van der Waals surface area (Å²) in [7, 11) is -2.44. The van der Waals surface area contributed by atoms with Gasteiger partial charge in [-0.25, -0.2) is 8.42 Å². The van der Waals surface area contributed by atoms with Crippen LogP contribution in [0.25, 0.3) is 0 Å². The van der Waals surface area contributed by atoms with Crippen molar-refractivity contribution >= 4 is 21.8 Å². The van der Waals surface area contributed by atoms with Gasteiger partial charge in [-0.15, -0.1) is 0 Å². The van der Waals surface area contributed by atoms with Crippen LogP contribution in [0.5, 0.6) is 5.75 Å². The van der Waals surface area contributed by atoms with Crippen LogP contribution in [0.4, 0.5) is 0 Å². The highest BCUT2D eigenvalue weighted by Gasteiger charge is 2.32. The molecule has 2 aromatic carbocycles. The molecule has 9 nitrogen and oxygen atoms in total. The van der Waals surface area contributed by atoms with Gasteiger partial charge >= 0.3 is 0 Å². The molecule has 3 N–H and O–H groups in total. The maximum Gasteiger partial charge on any atom is 0.243 e. The molecule has 0 radical (unpaired) electrons. The van der Waals surface area contributed by atoms with Crippen molar-refractivity contribution in [2.45, 2.75) is 57.2 Å². The highest BCUT2D eigenvalue weighted by molar-refractivity contribution is 7.89. The Hall–Kier alpha value is -2.95. The van der Waals surface area contributed by atoms with E-state index in [0.717, 1.165) is 5.56 Å². The molecule has 0 heterocycles. The van der Waals surface area contributed by atoms with Crippen LogP contribution in [0.2, 0.25) is 0 Å². The predicted molar refractivity (Wildman–Crippen MR) is 138 cm³/mol. The molecule has 0 saturated carbocycles. The minimum atomic E-state index is -3.94. The fraction of sp³-hybridized carbons (Fsp3) is 0.462. The molecule has 0 aromatic heterocycles. The predicted octanol–water partition coefficient (Wildman–Crippen LogP) is 1.95. The van der Waals surface area contributed by atoms with Crippen molar-refractivity contribution in [1.29, 1.82) is 0 Å². The third-order valence-electron chi connectivity index (χ3n) is 5.56. The maximum absolute atomic E-state index is 13.5. The molecule has 198 valence electrons. The molecule has 2 aromatic rings. The molecule has 10 heteroatoms. The van der Waals surface area contributed by atoms with Crippen molar-refractivity contribution < 1.29 is 27.9 Å². The highest BCUT2D eigenvalue weighted by atomic mass is 32.2. The summed E-state index contributed by atoms with van der Waals surface area (Å²) in [6.45, 7) is 6.59. The second-order valence-corrected chi connectivity index (χ2v) is 11.1. The van der Waals surface area contributed by atoms with Gasteiger partial charge < -0.3 is 20.5 Å². The van der Waals surface area contributed by atoms with Crippen LogP contribution in [0.1, 0.15) is 33.3 Å². The maximum atomic E-state index is 13.5. The Morgan fingerprint density at radius 3 is 2.11 bits per heavy atom. The summed E-state index contributed by atoms with van der Waals surface area (Å²) >= 11 is 0. The van der Waals surface area contributed by atoms with Crippen molar-refractivity contribution in [3.8, 4) is 5.75 Å². The Labute approximate surface area is 213 Å². The Bertz CT molecular complexity index is 1090. The average molecular weight is 520 g/mol. The van der Waals surface area contributed by atoms with Crippen molar-refractivity contribution in [1.82, 2.24) is 14.9 Å². The molecule has 0 fully saturated rings. The van der Waals surface area contributed by atoms with Crippen LogP contribution < -0.4 is 15.4 Å². The number of benzene rings is 2. The van der Waals surface area contributed by atoms with E-state index in [1.165, 1.54) is 30.5 Å². The standard InChI is InChI=1S/C26H37N3O6S/c1-18(2)16-29(36(33,34)23-13-11-22(35-5)12-14-23)17-25(31)24(15-21-9-7-6-8-10-21)28-26(32)19(3)27-20(4)30/h6-14,18-19,24-25,31H,15-17H2,1-5H3,(H,27,30)(H,28,32)/t19-,24-,25+/m0/s1. The molecule has 0 unspecified atom stereocenters. The number of carbonyl (C=O) groups excluding carboxylic acids is 2. The van der Waals surface area contributed by atoms with Gasteiger partial charge in [-0.2, -0.15) is 4.31 Å². The zero-order chi connectivity index (χ0) is 26.9. The third-order valence-corrected chi connectivity index (χ3v) is 7.41. The summed E-state index contributed by atoms with van der Waals surface area (Å²) in [5, 5.41) is 16.5. The van der Waals surface area contributed by atoms with E-state index in [9.17, 15) is 23.1 Å². The molecule has 36 heavy (non-hydrogen) atoms. The number of nitrogens with zero attached hydrogens (tertiary/aromatic N) is 1. The van der Waals surface area contributed by atoms with Gasteiger partial charge in [-0.1, -0.05) is 44.2 Å². The van der Waals surface area contributed by atoms with Crippen molar-refractivity contribution in [2.24, 2.45) is 5.92 Å². The third kappa shape index (κ3) is 8.61. The quantitative estimate of drug-likeness (QED) is 0.372. The monoisotopic (exact) mass is 519 g/mol. The molecule has 2 rings (SSSR count). The first-order valence-electron chi connectivity index (χ1n) is 11.9. The first-order valence-corrected chi connectivity index (χ1v) is 13.3. The summed E-state index contributed by atoms with van der Waals surface area (Å²) in [5.74, 6) is -0.305. The van der Waals surface area contributed by atoms with Crippen LogP contribution in [0.15, 0.2) is 59.5 Å². The number of hydrogen-bond acceptors (Lipinski definition) is 6. The van der Waals surface area contributed by atoms with Crippen LogP contribution in [0.3, 0.4) is 0 Å². The highest BCUT2D eigenvalue weighted by Crippen LogP contribution is 2.21. The largest absolute Gasteiger partial charge is 0.497 e. The summed E-state index contributed by atoms with van der Waals surface area (Å²) in [6.07, 6.45) is -0.941. The van der Waals surface area contributed by atoms with Gasteiger partial charge in [0.25, 0.3) is 0 Å². The number of carbonyl (C=O) groups is 2. The van der Waals surface area contributed by atoms with Gasteiger partial charge in [0.1, 0.15) is 11.8 Å². The molecule has 0 bridgehead atoms. The molecule has 0 aliphatic rings. The Balaban J connectivity index is 2.32. The average Bonchev–Trinajstić information content (AvgIpc) is 2.83. The molecular formula is C26H37N3O6S. The van der Waals surface area contributed by atoms with Crippen molar-refractivity contribution in [3.05, 3.63) is 60.2 Å². The number of hydrogen-bond donors (Lipinski definition) is 3. The van der Waals surface area contributed by atoms with E-state index in [1.807, 2.05) is 44.2 Å². The SMILES string of the molecule is COc1ccc(S(=O)(=O)N(CC(C)C)C[C@@H](O)[C@H](Cc2ccccc2)NC(=O)[C@H](C)NC(C)=O)cc1. The van der Waals surface area contributed by atoms with Gasteiger partial charge in [-0.3, -0.25) is 9.59 Å². The van der Waals surface area contributed by atoms with E-state index in [-0.39, 0.29) is 36.2 Å². The van der Waals surface area contributed by atoms with Crippen LogP contribution in [0, 0.1) is 5.92 Å². The fourth-order valence-corrected chi connectivity index (χ4v) is 5.36. The molecule has 0 spiro atoms. The Morgan fingerprint density at radius 1 is 0.972 bits per heavy atom. The summed E-state index contributed by atoms with van der Waals surface area (Å²) in [6, 6.07) is 13.7. The van der Waals surface area contributed by atoms with Gasteiger partial charge in [0.05, 0.1) is 24.2 Å². The zero-order valence-corrected chi connectivity index (χ0v) is 22.3. The number of ether oxygens (including phenoxy) is 1. The zero-order valence-electron chi connectivity index (χ0n) is 21.5. The van der Waals surface area contributed by atoms with E-state index < -0.39 is 34.1 Å². The number of methoxy groups -OCH3 is 1. The summed E-state index contributed by atoms with van der Waals surface area (Å²) in [5.41, 5.74) is 0.863. The minimum absolute atomic E-state index is 0.00724. The number of sulfonamides is 1. The summed E-state index contributed by atoms with van der Waals surface area (Å²) < 4.78 is 33.3. The fourth-order valence-electron chi connectivity index (χ4n) is 3.74. The van der Waals surface area contributed by atoms with E-state index in [4.69, 9.17) is 4.74 Å². The molecule has 0 saturated heterocycles. The first kappa shape index (κ1) is 29.3. The lowest BCUT2D eigenvalue weighted by atomic mass is 10.0. The van der Waals surface area contributed by atoms with Crippen LogP contribution >= 0.6 is 0 Å². The number of aliphatic hydroxyl groups is 1. The van der Waals surface area contributed by atoms with Crippen LogP contribution in [-0.2, 0) is 26.0 Å². The number of nitrogens with one attached hydrogen (secondary N) is 2. The number of aliphatic hydroxyl groups excluding tert-OH is 1. The smallest absolute Gasteiger partial charge is 0.243 e. The van der Waals surface area contributed by atoms with Gasteiger partial charge in [-0.05, 0) is 49.1 Å². The molecule has 0 aliphatic heterocycles. The summed E-state index contributed by atoms with van der Waals surface area (Å²) in [4.78, 5) is 24.2. The number of amides is 2. The van der Waals surface area contributed by atoms with Gasteiger partial charge in [0, 0.05) is 20.0 Å². The second-order valence-electron chi connectivity index (χ2n) is 9.19. The van der Waals surface area contributed by atoms with E-state index in [0.29, 0.717) is 5.75 Å². The first-order chi connectivity index (χ1) is 16.9. The lowest BCUT2D eigenvalue weighted by Gasteiger charge is -2.31. The van der Waals surface area contributed by atoms with E-state index in [1.54, 1.807) is 19.1 Å². The normalized spacial score (nSPS) is 14.2. The number of rotatable bonds is 13. The molecule has 0 aliphatic carbocycles. The van der Waals surface area contributed by atoms with E-state index >= 15 is 0 Å². The van der Waals surface area contributed by atoms with Crippen LogP contribution in [-0.4, -0.2) is 68.0 Å². The lowest BCUT2D eigenvalue weighted by Crippen LogP contribution is -2.54. The second kappa shape index (κ2) is 13.4. The van der Waals surface area contributed by atoms with E-state index in [2.05, 4.69) is 10.6 Å². The van der Waals surface area contributed by atoms with Crippen molar-refractivity contribution in [3.63, 3.8) is 0 Å². The topological polar surface area (TPSA) is 125 Å². The molecular weight excluding hydrogens is 482 g/mol. The molecule has 2 amide bonds. The molecule has 3 atom stereocenters. The Morgan fingerprint density at radius 2 is 1.58 bits per heavy atom. The lowest BCUT2D eigenvalue weighted by molar-refractivity contribution is -0.128. The van der Waals surface area contributed by atoms with Crippen molar-refractivity contribution in [2.75, 3.05) is 20.2 Å². The van der Waals surface area contributed by atoms with Gasteiger partial charge in [0.15, 0.2) is 0 Å². The Kier molecular flexibility index (Phi) is 10.9. The minimum Gasteiger partial charge on any atom is -0.497 e. The van der Waals surface area contributed by atoms with Gasteiger partial charge in [0.2, 0.25) is 21.8 Å².